The zero-order chi connectivity index (χ0) is 10.7. The van der Waals surface area contributed by atoms with Gasteiger partial charge in [0.15, 0.2) is 0 Å². The molecule has 0 aromatic heterocycles. The van der Waals surface area contributed by atoms with Crippen LogP contribution < -0.4 is 0 Å². The van der Waals surface area contributed by atoms with E-state index in [9.17, 15) is 0 Å². The molecular formula is C14H25N. The third kappa shape index (κ3) is 2.28. The lowest BCUT2D eigenvalue weighted by molar-refractivity contribution is 0.0922. The lowest BCUT2D eigenvalue weighted by Crippen LogP contribution is -2.46. The normalized spacial score (nSPS) is 37.3. The second-order valence-corrected chi connectivity index (χ2v) is 5.17. The number of rotatable bonds is 3. The highest BCUT2D eigenvalue weighted by molar-refractivity contribution is 5.02. The van der Waals surface area contributed by atoms with Crippen LogP contribution in [0.3, 0.4) is 0 Å². The van der Waals surface area contributed by atoms with Crippen LogP contribution >= 0.6 is 0 Å². The summed E-state index contributed by atoms with van der Waals surface area (Å²) in [6.07, 6.45) is 13.2. The Labute approximate surface area is 94.5 Å². The predicted octanol–water partition coefficient (Wildman–Crippen LogP) is 3.61. The quantitative estimate of drug-likeness (QED) is 0.639. The Morgan fingerprint density at radius 2 is 2.13 bits per heavy atom. The van der Waals surface area contributed by atoms with Gasteiger partial charge in [-0.15, -0.1) is 0 Å². The highest BCUT2D eigenvalue weighted by atomic mass is 15.2. The van der Waals surface area contributed by atoms with Gasteiger partial charge < -0.3 is 0 Å². The average Bonchev–Trinajstić information content (AvgIpc) is 2.71. The fraction of sp³-hybridized carbons (Fsp3) is 0.857. The predicted molar refractivity (Wildman–Crippen MR) is 66.0 cm³/mol. The molecule has 0 aromatic carbocycles. The maximum Gasteiger partial charge on any atom is 0.0281 e. The maximum absolute atomic E-state index is 2.78. The van der Waals surface area contributed by atoms with Gasteiger partial charge in [-0.1, -0.05) is 25.5 Å². The second kappa shape index (κ2) is 5.16. The van der Waals surface area contributed by atoms with Crippen molar-refractivity contribution in [2.45, 2.75) is 64.5 Å². The summed E-state index contributed by atoms with van der Waals surface area (Å²) in [7, 11) is 0. The maximum atomic E-state index is 2.78. The van der Waals surface area contributed by atoms with E-state index in [-0.39, 0.29) is 0 Å². The summed E-state index contributed by atoms with van der Waals surface area (Å²) in [6.45, 7) is 5.83. The number of allylic oxidation sites excluding steroid dienone is 1. The van der Waals surface area contributed by atoms with Crippen LogP contribution in [0.2, 0.25) is 0 Å². The average molecular weight is 207 g/mol. The van der Waals surface area contributed by atoms with Crippen molar-refractivity contribution in [1.29, 1.82) is 0 Å². The van der Waals surface area contributed by atoms with E-state index in [2.05, 4.69) is 30.9 Å². The van der Waals surface area contributed by atoms with Crippen LogP contribution in [-0.2, 0) is 0 Å². The van der Waals surface area contributed by atoms with Gasteiger partial charge in [-0.2, -0.15) is 0 Å². The van der Waals surface area contributed by atoms with Gasteiger partial charge in [0.1, 0.15) is 0 Å². The molecule has 86 valence electrons. The number of piperidine rings is 1. The lowest BCUT2D eigenvalue weighted by atomic mass is 9.83. The summed E-state index contributed by atoms with van der Waals surface area (Å²) < 4.78 is 0. The standard InChI is InChI=1S/C14H25N/c1-3-6-12-9-10-13(7-4-2)15-11-5-8-14(12)15/h4,7,12-14H,3,5-6,8-11H2,1-2H3/b7-4+/t12-,13-,14+/m1/s1. The van der Waals surface area contributed by atoms with Crippen LogP contribution in [0.4, 0.5) is 0 Å². The van der Waals surface area contributed by atoms with Gasteiger partial charge in [0.25, 0.3) is 0 Å². The van der Waals surface area contributed by atoms with Crippen LogP contribution in [0.1, 0.15) is 52.4 Å². The molecule has 0 aliphatic carbocycles. The summed E-state index contributed by atoms with van der Waals surface area (Å²) >= 11 is 0. The first-order valence-corrected chi connectivity index (χ1v) is 6.75. The Hall–Kier alpha value is -0.300. The first-order chi connectivity index (χ1) is 7.36. The van der Waals surface area contributed by atoms with Gasteiger partial charge in [0.2, 0.25) is 0 Å². The highest BCUT2D eigenvalue weighted by Crippen LogP contribution is 2.37. The zero-order valence-corrected chi connectivity index (χ0v) is 10.3. The molecule has 0 N–H and O–H groups in total. The minimum absolute atomic E-state index is 0.760. The van der Waals surface area contributed by atoms with Gasteiger partial charge in [0, 0.05) is 12.1 Å². The van der Waals surface area contributed by atoms with E-state index < -0.39 is 0 Å². The Morgan fingerprint density at radius 1 is 1.27 bits per heavy atom. The van der Waals surface area contributed by atoms with E-state index in [1.165, 1.54) is 45.1 Å². The molecule has 2 aliphatic heterocycles. The zero-order valence-electron chi connectivity index (χ0n) is 10.3. The van der Waals surface area contributed by atoms with Crippen molar-refractivity contribution in [2.75, 3.05) is 6.54 Å². The minimum Gasteiger partial charge on any atom is -0.294 e. The van der Waals surface area contributed by atoms with Crippen molar-refractivity contribution in [3.63, 3.8) is 0 Å². The first-order valence-electron chi connectivity index (χ1n) is 6.75. The van der Waals surface area contributed by atoms with Crippen LogP contribution in [0.15, 0.2) is 12.2 Å². The summed E-state index contributed by atoms with van der Waals surface area (Å²) in [5.74, 6) is 0.999. The smallest absolute Gasteiger partial charge is 0.0281 e. The Bertz CT molecular complexity index is 221. The fourth-order valence-electron chi connectivity index (χ4n) is 3.61. The third-order valence-electron chi connectivity index (χ3n) is 4.22. The molecule has 0 amide bonds. The van der Waals surface area contributed by atoms with Crippen molar-refractivity contribution in [1.82, 2.24) is 4.90 Å². The molecule has 0 unspecified atom stereocenters. The molecular weight excluding hydrogens is 182 g/mol. The van der Waals surface area contributed by atoms with E-state index in [4.69, 9.17) is 0 Å². The van der Waals surface area contributed by atoms with Gasteiger partial charge in [-0.25, -0.2) is 0 Å². The largest absolute Gasteiger partial charge is 0.294 e. The molecule has 15 heavy (non-hydrogen) atoms. The molecule has 0 bridgehead atoms. The summed E-state index contributed by atoms with van der Waals surface area (Å²) in [4.78, 5) is 2.78. The fourth-order valence-corrected chi connectivity index (χ4v) is 3.61. The monoisotopic (exact) mass is 207 g/mol. The highest BCUT2D eigenvalue weighted by Gasteiger charge is 2.38. The molecule has 0 aromatic rings. The van der Waals surface area contributed by atoms with E-state index in [0.29, 0.717) is 0 Å². The molecule has 0 spiro atoms. The number of fused-ring (bicyclic) bond motifs is 1. The molecule has 2 saturated heterocycles. The van der Waals surface area contributed by atoms with Gasteiger partial charge in [-0.3, -0.25) is 4.90 Å². The van der Waals surface area contributed by atoms with Crippen molar-refractivity contribution < 1.29 is 0 Å². The van der Waals surface area contributed by atoms with Crippen molar-refractivity contribution in [2.24, 2.45) is 5.92 Å². The van der Waals surface area contributed by atoms with Gasteiger partial charge >= 0.3 is 0 Å². The Kier molecular flexibility index (Phi) is 3.85. The number of hydrogen-bond donors (Lipinski definition) is 0. The first kappa shape index (κ1) is 11.2. The summed E-state index contributed by atoms with van der Waals surface area (Å²) in [5, 5.41) is 0. The topological polar surface area (TPSA) is 3.24 Å². The molecule has 0 radical (unpaired) electrons. The van der Waals surface area contributed by atoms with E-state index in [0.717, 1.165) is 18.0 Å². The molecule has 2 rings (SSSR count). The number of nitrogens with zero attached hydrogens (tertiary/aromatic N) is 1. The van der Waals surface area contributed by atoms with Crippen LogP contribution in [0.5, 0.6) is 0 Å². The Balaban J connectivity index is 2.02. The summed E-state index contributed by atoms with van der Waals surface area (Å²) in [6, 6.07) is 1.68. The van der Waals surface area contributed by atoms with Crippen molar-refractivity contribution in [3.05, 3.63) is 12.2 Å². The van der Waals surface area contributed by atoms with Gasteiger partial charge in [-0.05, 0) is 51.5 Å². The van der Waals surface area contributed by atoms with Crippen LogP contribution in [-0.4, -0.2) is 23.5 Å². The SMILES string of the molecule is C/C=C/[C@@H]1CC[C@@H](CCC)[C@@H]2CCCN12. The third-order valence-corrected chi connectivity index (χ3v) is 4.22. The molecule has 1 heteroatoms. The molecule has 2 aliphatic rings. The molecule has 1 nitrogen and oxygen atoms in total. The van der Waals surface area contributed by atoms with Crippen LogP contribution in [0.25, 0.3) is 0 Å². The molecule has 0 saturated carbocycles. The van der Waals surface area contributed by atoms with E-state index in [1.54, 1.807) is 0 Å². The Morgan fingerprint density at radius 3 is 2.87 bits per heavy atom. The second-order valence-electron chi connectivity index (χ2n) is 5.17. The van der Waals surface area contributed by atoms with E-state index in [1.807, 2.05) is 0 Å². The minimum atomic E-state index is 0.760. The molecule has 3 atom stereocenters. The van der Waals surface area contributed by atoms with Crippen molar-refractivity contribution >= 4 is 0 Å². The van der Waals surface area contributed by atoms with E-state index >= 15 is 0 Å². The van der Waals surface area contributed by atoms with Crippen LogP contribution in [0, 0.1) is 5.92 Å². The summed E-state index contributed by atoms with van der Waals surface area (Å²) in [5.41, 5.74) is 0. The van der Waals surface area contributed by atoms with Gasteiger partial charge in [0.05, 0.1) is 0 Å². The number of hydrogen-bond acceptors (Lipinski definition) is 1. The molecule has 2 heterocycles. The lowest BCUT2D eigenvalue weighted by Gasteiger charge is -2.41. The van der Waals surface area contributed by atoms with Crippen molar-refractivity contribution in [3.8, 4) is 0 Å². The molecule has 2 fully saturated rings.